The van der Waals surface area contributed by atoms with E-state index in [-0.39, 0.29) is 11.4 Å². The van der Waals surface area contributed by atoms with Crippen molar-refractivity contribution in [3.8, 4) is 0 Å². The lowest BCUT2D eigenvalue weighted by Crippen LogP contribution is -2.12. The van der Waals surface area contributed by atoms with Crippen LogP contribution in [0.15, 0.2) is 39.9 Å². The second-order valence-corrected chi connectivity index (χ2v) is 7.43. The van der Waals surface area contributed by atoms with E-state index in [1.54, 1.807) is 6.07 Å². The van der Waals surface area contributed by atoms with Gasteiger partial charge in [0.15, 0.2) is 9.84 Å². The molecule has 22 heavy (non-hydrogen) atoms. The Morgan fingerprint density at radius 1 is 1.41 bits per heavy atom. The monoisotopic (exact) mass is 342 g/mol. The van der Waals surface area contributed by atoms with E-state index >= 15 is 0 Å². The molecule has 0 radical (unpaired) electrons. The summed E-state index contributed by atoms with van der Waals surface area (Å²) >= 11 is 1.46. The van der Waals surface area contributed by atoms with E-state index in [9.17, 15) is 23.6 Å². The molecule has 2 aromatic rings. The number of aliphatic hydroxyl groups excluding tert-OH is 1. The summed E-state index contributed by atoms with van der Waals surface area (Å²) in [5.41, 5.74) is 0.675. The fourth-order valence-electron chi connectivity index (χ4n) is 1.87. The second-order valence-electron chi connectivity index (χ2n) is 4.67. The third kappa shape index (κ3) is 3.81. The molecule has 0 spiro atoms. The van der Waals surface area contributed by atoms with Crippen molar-refractivity contribution in [1.82, 2.24) is 0 Å². The van der Waals surface area contributed by atoms with Crippen LogP contribution in [0.25, 0.3) is 0 Å². The number of nitrogens with one attached hydrogen (secondary N) is 1. The number of thiophene rings is 1. The summed E-state index contributed by atoms with van der Waals surface area (Å²) in [5, 5.41) is 27.4. The summed E-state index contributed by atoms with van der Waals surface area (Å²) in [6, 6.07) is 5.53. The van der Waals surface area contributed by atoms with Crippen molar-refractivity contribution in [3.05, 3.63) is 50.7 Å². The topological polar surface area (TPSA) is 110 Å². The first-order valence-electron chi connectivity index (χ1n) is 6.21. The van der Waals surface area contributed by atoms with E-state index in [0.29, 0.717) is 5.69 Å². The van der Waals surface area contributed by atoms with Gasteiger partial charge in [-0.25, -0.2) is 8.42 Å². The molecule has 0 amide bonds. The van der Waals surface area contributed by atoms with Gasteiger partial charge in [0, 0.05) is 24.6 Å². The van der Waals surface area contributed by atoms with Crippen LogP contribution in [-0.2, 0) is 9.84 Å². The van der Waals surface area contributed by atoms with Crippen LogP contribution in [0.3, 0.4) is 0 Å². The first-order valence-corrected chi connectivity index (χ1v) is 9.05. The highest BCUT2D eigenvalue weighted by Crippen LogP contribution is 2.27. The molecule has 0 aliphatic rings. The van der Waals surface area contributed by atoms with Gasteiger partial charge in [0.25, 0.3) is 5.69 Å². The Labute approximate surface area is 131 Å². The maximum absolute atomic E-state index is 11.7. The molecule has 2 rings (SSSR count). The Morgan fingerprint density at radius 2 is 2.14 bits per heavy atom. The minimum absolute atomic E-state index is 0.164. The van der Waals surface area contributed by atoms with Crippen LogP contribution in [0.5, 0.6) is 0 Å². The zero-order chi connectivity index (χ0) is 16.3. The summed E-state index contributed by atoms with van der Waals surface area (Å²) < 4.78 is 23.3. The molecule has 2 N–H and O–H groups in total. The molecule has 0 aliphatic heterocycles. The maximum atomic E-state index is 11.7. The fourth-order valence-corrected chi connectivity index (χ4v) is 3.44. The van der Waals surface area contributed by atoms with Crippen LogP contribution in [0.1, 0.15) is 11.7 Å². The van der Waals surface area contributed by atoms with Crippen molar-refractivity contribution in [2.75, 3.05) is 18.1 Å². The minimum Gasteiger partial charge on any atom is -0.387 e. The number of sulfone groups is 1. The van der Waals surface area contributed by atoms with Crippen molar-refractivity contribution in [3.63, 3.8) is 0 Å². The quantitative estimate of drug-likeness (QED) is 0.615. The molecule has 1 aromatic heterocycles. The summed E-state index contributed by atoms with van der Waals surface area (Å²) in [6.45, 7) is 0.164. The molecule has 1 unspecified atom stereocenters. The predicted octanol–water partition coefficient (Wildman–Crippen LogP) is 2.21. The third-order valence-corrected chi connectivity index (χ3v) is 4.81. The van der Waals surface area contributed by atoms with Gasteiger partial charge < -0.3 is 10.4 Å². The average Bonchev–Trinajstić information content (AvgIpc) is 2.97. The highest BCUT2D eigenvalue weighted by Gasteiger charge is 2.22. The van der Waals surface area contributed by atoms with Gasteiger partial charge in [0.05, 0.1) is 11.0 Å². The number of aliphatic hydroxyl groups is 1. The molecule has 0 bridgehead atoms. The highest BCUT2D eigenvalue weighted by molar-refractivity contribution is 7.90. The summed E-state index contributed by atoms with van der Waals surface area (Å²) in [5.74, 6) is 0. The largest absolute Gasteiger partial charge is 0.387 e. The molecule has 1 atom stereocenters. The molecule has 1 heterocycles. The lowest BCUT2D eigenvalue weighted by Gasteiger charge is -2.12. The fraction of sp³-hybridized carbons (Fsp3) is 0.231. The van der Waals surface area contributed by atoms with E-state index in [4.69, 9.17) is 0 Å². The molecular weight excluding hydrogens is 328 g/mol. The Hall–Kier alpha value is -1.97. The molecule has 118 valence electrons. The van der Waals surface area contributed by atoms with Gasteiger partial charge in [0.2, 0.25) is 0 Å². The Bertz CT molecular complexity index is 772. The van der Waals surface area contributed by atoms with Crippen molar-refractivity contribution in [1.29, 1.82) is 0 Å². The Morgan fingerprint density at radius 3 is 2.68 bits per heavy atom. The average molecular weight is 342 g/mol. The van der Waals surface area contributed by atoms with Crippen molar-refractivity contribution in [2.24, 2.45) is 0 Å². The van der Waals surface area contributed by atoms with E-state index in [2.05, 4.69) is 5.32 Å². The molecule has 7 nitrogen and oxygen atoms in total. The lowest BCUT2D eigenvalue weighted by molar-refractivity contribution is -0.387. The number of rotatable bonds is 6. The van der Waals surface area contributed by atoms with Crippen LogP contribution >= 0.6 is 11.3 Å². The summed E-state index contributed by atoms with van der Waals surface area (Å²) in [6.07, 6.45) is 0.169. The molecular formula is C13H14N2O5S2. The molecule has 0 saturated carbocycles. The van der Waals surface area contributed by atoms with Crippen LogP contribution in [-0.4, -0.2) is 31.2 Å². The van der Waals surface area contributed by atoms with Gasteiger partial charge in [-0.15, -0.1) is 0 Å². The highest BCUT2D eigenvalue weighted by atomic mass is 32.2. The van der Waals surface area contributed by atoms with Crippen LogP contribution < -0.4 is 5.32 Å². The first-order chi connectivity index (χ1) is 10.3. The first kappa shape index (κ1) is 16.4. The molecule has 0 fully saturated rings. The number of nitrogens with zero attached hydrogens (tertiary/aromatic N) is 1. The SMILES string of the molecule is CS(=O)(=O)c1cc(NCC(O)c2ccsc2)ccc1[N+](=O)[O-]. The normalized spacial score (nSPS) is 12.8. The number of benzene rings is 1. The standard InChI is InChI=1S/C13H14N2O5S2/c1-22(19,20)13-6-10(2-3-11(13)15(17)18)14-7-12(16)9-4-5-21-8-9/h2-6,8,12,14,16H,7H2,1H3. The molecule has 0 aliphatic carbocycles. The van der Waals surface area contributed by atoms with Gasteiger partial charge in [-0.3, -0.25) is 10.1 Å². The lowest BCUT2D eigenvalue weighted by atomic mass is 10.2. The van der Waals surface area contributed by atoms with Gasteiger partial charge in [-0.2, -0.15) is 11.3 Å². The number of hydrogen-bond donors (Lipinski definition) is 2. The summed E-state index contributed by atoms with van der Waals surface area (Å²) in [4.78, 5) is 9.79. The zero-order valence-corrected chi connectivity index (χ0v) is 13.2. The maximum Gasteiger partial charge on any atom is 0.288 e. The third-order valence-electron chi connectivity index (χ3n) is 2.98. The van der Waals surface area contributed by atoms with Crippen molar-refractivity contribution in [2.45, 2.75) is 11.0 Å². The van der Waals surface area contributed by atoms with E-state index in [1.165, 1.54) is 23.5 Å². The minimum atomic E-state index is -3.73. The van der Waals surface area contributed by atoms with Gasteiger partial charge >= 0.3 is 0 Å². The number of nitro groups is 1. The van der Waals surface area contributed by atoms with Crippen LogP contribution in [0.4, 0.5) is 11.4 Å². The Kier molecular flexibility index (Phi) is 4.79. The van der Waals surface area contributed by atoms with E-state index in [1.807, 2.05) is 10.8 Å². The van der Waals surface area contributed by atoms with Crippen molar-refractivity contribution < 1.29 is 18.4 Å². The van der Waals surface area contributed by atoms with Crippen LogP contribution in [0, 0.1) is 10.1 Å². The van der Waals surface area contributed by atoms with E-state index < -0.39 is 26.6 Å². The van der Waals surface area contributed by atoms with E-state index in [0.717, 1.165) is 17.9 Å². The molecule has 0 saturated heterocycles. The zero-order valence-electron chi connectivity index (χ0n) is 11.6. The van der Waals surface area contributed by atoms with Gasteiger partial charge in [-0.1, -0.05) is 0 Å². The number of hydrogen-bond acceptors (Lipinski definition) is 7. The second kappa shape index (κ2) is 6.42. The van der Waals surface area contributed by atoms with Crippen molar-refractivity contribution >= 4 is 32.5 Å². The number of anilines is 1. The summed E-state index contributed by atoms with van der Waals surface area (Å²) in [7, 11) is -3.73. The molecule has 1 aromatic carbocycles. The van der Waals surface area contributed by atoms with Crippen LogP contribution in [0.2, 0.25) is 0 Å². The number of nitro benzene ring substituents is 1. The smallest absolute Gasteiger partial charge is 0.288 e. The molecule has 9 heteroatoms. The Balaban J connectivity index is 2.21. The predicted molar refractivity (Wildman–Crippen MR) is 84.0 cm³/mol. The van der Waals surface area contributed by atoms with Gasteiger partial charge in [-0.05, 0) is 34.5 Å². The van der Waals surface area contributed by atoms with Gasteiger partial charge in [0.1, 0.15) is 4.90 Å².